The number of methoxy groups -OCH3 is 1. The Hall–Kier alpha value is -1.96. The topological polar surface area (TPSA) is 102 Å². The Balaban J connectivity index is 3.17. The summed E-state index contributed by atoms with van der Waals surface area (Å²) >= 11 is 0. The highest BCUT2D eigenvalue weighted by molar-refractivity contribution is 7.90. The summed E-state index contributed by atoms with van der Waals surface area (Å²) in [4.78, 5) is 10.8. The molecule has 1 aromatic rings. The van der Waals surface area contributed by atoms with E-state index in [0.29, 0.717) is 23.7 Å². The number of carbonyl (C=O) groups is 1. The van der Waals surface area contributed by atoms with Crippen molar-refractivity contribution in [1.29, 1.82) is 0 Å². The van der Waals surface area contributed by atoms with E-state index in [1.165, 1.54) is 7.11 Å². The summed E-state index contributed by atoms with van der Waals surface area (Å²) in [5.41, 5.74) is 0.493. The monoisotopic (exact) mass is 317 g/mol. The molecule has 0 aliphatic heterocycles. The number of hydrogen-bond acceptors (Lipinski definition) is 5. The molecule has 0 heterocycles. The third kappa shape index (κ3) is 5.50. The number of ether oxygens (including phenoxy) is 2. The lowest BCUT2D eigenvalue weighted by atomic mass is 10.1. The first-order chi connectivity index (χ1) is 9.76. The molecule has 1 aromatic carbocycles. The molecule has 0 aliphatic carbocycles. The number of carboxylic acid groups (broad SMARTS) is 1. The van der Waals surface area contributed by atoms with Gasteiger partial charge in [-0.05, 0) is 24.6 Å². The first-order valence-electron chi connectivity index (χ1n) is 6.24. The van der Waals surface area contributed by atoms with Gasteiger partial charge in [0.2, 0.25) is 0 Å². The van der Waals surface area contributed by atoms with Crippen molar-refractivity contribution < 1.29 is 27.8 Å². The summed E-state index contributed by atoms with van der Waals surface area (Å²) in [6, 6.07) is 3.92. The van der Waals surface area contributed by atoms with Gasteiger partial charge in [0.05, 0.1) is 25.5 Å². The van der Waals surface area contributed by atoms with Crippen molar-refractivity contribution in [3.63, 3.8) is 0 Å². The van der Waals surface area contributed by atoms with Crippen LogP contribution in [-0.4, -0.2) is 45.3 Å². The highest BCUT2D eigenvalue weighted by Gasteiger charge is 2.21. The van der Waals surface area contributed by atoms with E-state index >= 15 is 0 Å². The van der Waals surface area contributed by atoms with E-state index in [1.54, 1.807) is 25.1 Å². The first-order valence-corrected chi connectivity index (χ1v) is 8.30. The Morgan fingerprint density at radius 1 is 1.38 bits per heavy atom. The molecular formula is C13H19NO6S. The number of sulfone groups is 1. The second-order valence-corrected chi connectivity index (χ2v) is 6.62. The molecule has 1 atom stereocenters. The van der Waals surface area contributed by atoms with Crippen LogP contribution in [0.15, 0.2) is 18.2 Å². The third-order valence-electron chi connectivity index (χ3n) is 2.66. The Bertz CT molecular complexity index is 599. The molecule has 0 bridgehead atoms. The number of benzene rings is 1. The highest BCUT2D eigenvalue weighted by Crippen LogP contribution is 2.30. The third-order valence-corrected chi connectivity index (χ3v) is 3.60. The maximum absolute atomic E-state index is 11.4. The van der Waals surface area contributed by atoms with Gasteiger partial charge in [-0.25, -0.2) is 13.2 Å². The van der Waals surface area contributed by atoms with E-state index in [2.05, 4.69) is 5.32 Å². The van der Waals surface area contributed by atoms with Crippen molar-refractivity contribution in [2.24, 2.45) is 0 Å². The average molecular weight is 317 g/mol. The molecule has 8 heteroatoms. The van der Waals surface area contributed by atoms with Crippen LogP contribution >= 0.6 is 0 Å². The van der Waals surface area contributed by atoms with Gasteiger partial charge in [-0.2, -0.15) is 0 Å². The van der Waals surface area contributed by atoms with Gasteiger partial charge in [-0.1, -0.05) is 6.07 Å². The van der Waals surface area contributed by atoms with Crippen LogP contribution in [-0.2, 0) is 9.84 Å². The van der Waals surface area contributed by atoms with Crippen molar-refractivity contribution in [2.75, 3.05) is 25.7 Å². The second-order valence-electron chi connectivity index (χ2n) is 4.44. The average Bonchev–Trinajstić information content (AvgIpc) is 2.36. The van der Waals surface area contributed by atoms with Gasteiger partial charge in [0.15, 0.2) is 11.5 Å². The number of hydrogen-bond donors (Lipinski definition) is 2. The fourth-order valence-corrected chi connectivity index (χ4v) is 2.73. The van der Waals surface area contributed by atoms with Crippen LogP contribution in [0.2, 0.25) is 0 Å². The summed E-state index contributed by atoms with van der Waals surface area (Å²) in [5.74, 6) is 0.592. The predicted octanol–water partition coefficient (Wildman–Crippen LogP) is 1.45. The summed E-state index contributed by atoms with van der Waals surface area (Å²) in [6.45, 7) is 2.21. The lowest BCUT2D eigenvalue weighted by Crippen LogP contribution is -2.31. The molecule has 118 valence electrons. The van der Waals surface area contributed by atoms with Crippen molar-refractivity contribution >= 4 is 15.9 Å². The summed E-state index contributed by atoms with van der Waals surface area (Å²) in [6.07, 6.45) is -0.242. The van der Waals surface area contributed by atoms with E-state index in [9.17, 15) is 13.2 Å². The summed E-state index contributed by atoms with van der Waals surface area (Å²) in [7, 11) is -1.87. The van der Waals surface area contributed by atoms with Crippen LogP contribution in [0.3, 0.4) is 0 Å². The minimum Gasteiger partial charge on any atom is -0.493 e. The highest BCUT2D eigenvalue weighted by atomic mass is 32.2. The largest absolute Gasteiger partial charge is 0.493 e. The van der Waals surface area contributed by atoms with E-state index in [1.807, 2.05) is 0 Å². The molecule has 0 fully saturated rings. The number of nitrogens with one attached hydrogen (secondary N) is 1. The maximum Gasteiger partial charge on any atom is 0.405 e. The molecule has 0 saturated heterocycles. The summed E-state index contributed by atoms with van der Waals surface area (Å²) in [5, 5.41) is 11.1. The molecular weight excluding hydrogens is 298 g/mol. The van der Waals surface area contributed by atoms with Crippen LogP contribution in [0.4, 0.5) is 4.79 Å². The van der Waals surface area contributed by atoms with E-state index in [-0.39, 0.29) is 5.75 Å². The van der Waals surface area contributed by atoms with Crippen LogP contribution in [0.5, 0.6) is 11.5 Å². The van der Waals surface area contributed by atoms with Crippen LogP contribution in [0.25, 0.3) is 0 Å². The quantitative estimate of drug-likeness (QED) is 0.789. The minimum absolute atomic E-state index is 0.336. The molecule has 0 radical (unpaired) electrons. The van der Waals surface area contributed by atoms with E-state index < -0.39 is 22.0 Å². The Morgan fingerprint density at radius 3 is 2.52 bits per heavy atom. The Kier molecular flexibility index (Phi) is 5.83. The van der Waals surface area contributed by atoms with Gasteiger partial charge in [0.1, 0.15) is 9.84 Å². The smallest absolute Gasteiger partial charge is 0.405 e. The maximum atomic E-state index is 11.4. The fraction of sp³-hybridized carbons (Fsp3) is 0.462. The molecule has 2 N–H and O–H groups in total. The van der Waals surface area contributed by atoms with Gasteiger partial charge in [-0.15, -0.1) is 0 Å². The van der Waals surface area contributed by atoms with Crippen molar-refractivity contribution in [3.8, 4) is 11.5 Å². The first kappa shape index (κ1) is 17.1. The Morgan fingerprint density at radius 2 is 2.05 bits per heavy atom. The van der Waals surface area contributed by atoms with Crippen molar-refractivity contribution in [1.82, 2.24) is 5.32 Å². The SMILES string of the molecule is CCOc1cc(C(CS(C)(=O)=O)NC(=O)O)ccc1OC. The lowest BCUT2D eigenvalue weighted by Gasteiger charge is -2.18. The van der Waals surface area contributed by atoms with Gasteiger partial charge in [0.25, 0.3) is 0 Å². The zero-order chi connectivity index (χ0) is 16.0. The molecule has 0 spiro atoms. The van der Waals surface area contributed by atoms with Gasteiger partial charge >= 0.3 is 6.09 Å². The van der Waals surface area contributed by atoms with Crippen LogP contribution < -0.4 is 14.8 Å². The van der Waals surface area contributed by atoms with E-state index in [4.69, 9.17) is 14.6 Å². The Labute approximate surface area is 123 Å². The minimum atomic E-state index is -3.36. The van der Waals surface area contributed by atoms with Gasteiger partial charge in [-0.3, -0.25) is 0 Å². The zero-order valence-corrected chi connectivity index (χ0v) is 12.9. The summed E-state index contributed by atoms with van der Waals surface area (Å²) < 4.78 is 33.4. The molecule has 21 heavy (non-hydrogen) atoms. The van der Waals surface area contributed by atoms with Crippen LogP contribution in [0, 0.1) is 0 Å². The van der Waals surface area contributed by atoms with Crippen LogP contribution in [0.1, 0.15) is 18.5 Å². The number of rotatable bonds is 7. The predicted molar refractivity (Wildman–Crippen MR) is 77.8 cm³/mol. The molecule has 0 aliphatic rings. The standard InChI is InChI=1S/C13H19NO6S/c1-4-20-12-7-9(5-6-11(12)19-2)10(14-13(15)16)8-21(3,17)18/h5-7,10,14H,4,8H2,1-3H3,(H,15,16). The zero-order valence-electron chi connectivity index (χ0n) is 12.1. The van der Waals surface area contributed by atoms with E-state index in [0.717, 1.165) is 6.26 Å². The fourth-order valence-electron chi connectivity index (χ4n) is 1.85. The lowest BCUT2D eigenvalue weighted by molar-refractivity contribution is 0.191. The van der Waals surface area contributed by atoms with Crippen molar-refractivity contribution in [3.05, 3.63) is 23.8 Å². The molecule has 0 aromatic heterocycles. The molecule has 7 nitrogen and oxygen atoms in total. The molecule has 1 rings (SSSR count). The molecule has 1 amide bonds. The second kappa shape index (κ2) is 7.16. The molecule has 0 saturated carbocycles. The normalized spacial score (nSPS) is 12.5. The molecule has 1 unspecified atom stereocenters. The van der Waals surface area contributed by atoms with Gasteiger partial charge < -0.3 is 19.9 Å². The number of amides is 1. The van der Waals surface area contributed by atoms with Crippen molar-refractivity contribution in [2.45, 2.75) is 13.0 Å². The van der Waals surface area contributed by atoms with Gasteiger partial charge in [0, 0.05) is 6.26 Å².